The Labute approximate surface area is 302 Å². The fraction of sp³-hybridized carbons (Fsp3) is 0.400. The number of benzene rings is 4. The summed E-state index contributed by atoms with van der Waals surface area (Å²) in [5, 5.41) is 0. The molecule has 3 aliphatic heterocycles. The van der Waals surface area contributed by atoms with Crippen molar-refractivity contribution in [1.82, 2.24) is 14.7 Å². The molecule has 0 N–H and O–H groups in total. The minimum absolute atomic E-state index is 0.615. The van der Waals surface area contributed by atoms with Crippen LogP contribution in [0.2, 0.25) is 0 Å². The highest BCUT2D eigenvalue weighted by Gasteiger charge is 2.25. The average Bonchev–Trinajstić information content (AvgIpc) is 3.09. The smallest absolute Gasteiger partial charge is 0.0564 e. The molecule has 0 aliphatic carbocycles. The van der Waals surface area contributed by atoms with Crippen molar-refractivity contribution < 1.29 is 0 Å². The van der Waals surface area contributed by atoms with Crippen LogP contribution >= 0.6 is 35.3 Å². The maximum Gasteiger partial charge on any atom is 0.0564 e. The summed E-state index contributed by atoms with van der Waals surface area (Å²) in [7, 11) is 6.51. The minimum Gasteiger partial charge on any atom is -0.340 e. The van der Waals surface area contributed by atoms with E-state index in [0.29, 0.717) is 5.92 Å². The summed E-state index contributed by atoms with van der Waals surface area (Å²) in [5.41, 5.74) is 5.43. The van der Waals surface area contributed by atoms with Gasteiger partial charge in [-0.05, 0) is 100 Å². The Balaban J connectivity index is 0.000000173. The standard InChI is InChI=1S/C22H29N3S2.C18H22N2S/c1-3-26-18-9-10-22-20(17-18)25(19-7-4-5-8-21(19)27-22)12-6-11-24-15-13-23(2)14-16-24;1-14(12-19(2)3)13-20-15-8-4-6-10-17(15)21-18-11-7-5-9-16(18)20/h4-5,7-10,17H,3,6,11-16H2,1-2H3;4-11,14H,12-13H2,1-3H3. The molecule has 48 heavy (non-hydrogen) atoms. The van der Waals surface area contributed by atoms with Crippen molar-refractivity contribution >= 4 is 58.0 Å². The Morgan fingerprint density at radius 1 is 0.688 bits per heavy atom. The van der Waals surface area contributed by atoms with Gasteiger partial charge in [-0.15, -0.1) is 11.8 Å². The molecule has 3 aliphatic rings. The Morgan fingerprint density at radius 2 is 1.23 bits per heavy atom. The number of likely N-dealkylation sites (N-methyl/N-ethyl adjacent to an activating group) is 1. The lowest BCUT2D eigenvalue weighted by Crippen LogP contribution is -2.45. The lowest BCUT2D eigenvalue weighted by Gasteiger charge is -2.35. The van der Waals surface area contributed by atoms with Crippen LogP contribution in [0.5, 0.6) is 0 Å². The zero-order valence-electron chi connectivity index (χ0n) is 29.3. The van der Waals surface area contributed by atoms with Gasteiger partial charge in [0, 0.05) is 70.3 Å². The zero-order chi connectivity index (χ0) is 33.5. The highest BCUT2D eigenvalue weighted by molar-refractivity contribution is 8.00. The van der Waals surface area contributed by atoms with Crippen LogP contribution in [0, 0.1) is 5.92 Å². The molecular formula is C40H51N5S3. The fourth-order valence-electron chi connectivity index (χ4n) is 6.80. The van der Waals surface area contributed by atoms with Crippen molar-refractivity contribution in [3.8, 4) is 0 Å². The SMILES string of the molecule is CC(CN(C)C)CN1c2ccccc2Sc2ccccc21.CCSc1ccc2c(c1)N(CCCN1CCN(C)CC1)c1ccccc1S2. The van der Waals surface area contributed by atoms with Crippen LogP contribution in [0.15, 0.2) is 115 Å². The summed E-state index contributed by atoms with van der Waals surface area (Å²) in [6.45, 7) is 13.8. The molecule has 0 bridgehead atoms. The normalized spacial score (nSPS) is 16.4. The van der Waals surface area contributed by atoms with Crippen LogP contribution in [-0.2, 0) is 0 Å². The highest BCUT2D eigenvalue weighted by atomic mass is 32.2. The lowest BCUT2D eigenvalue weighted by molar-refractivity contribution is 0.153. The van der Waals surface area contributed by atoms with E-state index in [1.807, 2.05) is 35.3 Å². The van der Waals surface area contributed by atoms with Gasteiger partial charge in [0.1, 0.15) is 0 Å². The Kier molecular flexibility index (Phi) is 12.4. The summed E-state index contributed by atoms with van der Waals surface area (Å²) in [6, 6.07) is 33.3. The second-order valence-electron chi connectivity index (χ2n) is 13.3. The number of piperazine rings is 1. The van der Waals surface area contributed by atoms with E-state index in [1.165, 1.54) is 86.4 Å². The van der Waals surface area contributed by atoms with E-state index < -0.39 is 0 Å². The summed E-state index contributed by atoms with van der Waals surface area (Å²) < 4.78 is 0. The van der Waals surface area contributed by atoms with Crippen molar-refractivity contribution in [2.24, 2.45) is 5.92 Å². The van der Waals surface area contributed by atoms with Gasteiger partial charge < -0.3 is 24.5 Å². The van der Waals surface area contributed by atoms with Crippen molar-refractivity contribution in [3.05, 3.63) is 91.0 Å². The predicted octanol–water partition coefficient (Wildman–Crippen LogP) is 9.53. The van der Waals surface area contributed by atoms with E-state index in [-0.39, 0.29) is 0 Å². The van der Waals surface area contributed by atoms with Crippen LogP contribution in [-0.4, -0.2) is 94.0 Å². The van der Waals surface area contributed by atoms with Crippen LogP contribution in [0.25, 0.3) is 0 Å². The molecule has 3 heterocycles. The van der Waals surface area contributed by atoms with Crippen LogP contribution in [0.1, 0.15) is 20.3 Å². The fourth-order valence-corrected chi connectivity index (χ4v) is 9.67. The minimum atomic E-state index is 0.615. The molecule has 1 fully saturated rings. The van der Waals surface area contributed by atoms with E-state index in [0.717, 1.165) is 25.4 Å². The number of anilines is 4. The van der Waals surface area contributed by atoms with Gasteiger partial charge in [0.15, 0.2) is 0 Å². The zero-order valence-corrected chi connectivity index (χ0v) is 31.7. The van der Waals surface area contributed by atoms with Crippen molar-refractivity contribution in [3.63, 3.8) is 0 Å². The number of hydrogen-bond donors (Lipinski definition) is 0. The Morgan fingerprint density at radius 3 is 1.79 bits per heavy atom. The van der Waals surface area contributed by atoms with Gasteiger partial charge in [-0.2, -0.15) is 0 Å². The van der Waals surface area contributed by atoms with E-state index in [1.54, 1.807) is 0 Å². The highest BCUT2D eigenvalue weighted by Crippen LogP contribution is 2.49. The Hall–Kier alpha value is -2.59. The maximum absolute atomic E-state index is 2.62. The molecular weight excluding hydrogens is 647 g/mol. The van der Waals surface area contributed by atoms with Crippen LogP contribution in [0.3, 0.4) is 0 Å². The van der Waals surface area contributed by atoms with Crippen molar-refractivity contribution in [1.29, 1.82) is 0 Å². The first-order valence-electron chi connectivity index (χ1n) is 17.4. The number of fused-ring (bicyclic) bond motifs is 4. The van der Waals surface area contributed by atoms with Gasteiger partial charge in [-0.1, -0.05) is 73.8 Å². The quantitative estimate of drug-likeness (QED) is 0.151. The molecule has 0 radical (unpaired) electrons. The van der Waals surface area contributed by atoms with E-state index >= 15 is 0 Å². The van der Waals surface area contributed by atoms with Crippen molar-refractivity contribution in [2.75, 3.05) is 89.1 Å². The number of nitrogens with zero attached hydrogens (tertiary/aromatic N) is 5. The summed E-state index contributed by atoms with van der Waals surface area (Å²) in [6.07, 6.45) is 1.20. The van der Waals surface area contributed by atoms with Crippen LogP contribution in [0.4, 0.5) is 22.7 Å². The lowest BCUT2D eigenvalue weighted by atomic mass is 10.1. The molecule has 1 saturated heterocycles. The third-order valence-electron chi connectivity index (χ3n) is 9.06. The molecule has 0 aromatic heterocycles. The summed E-state index contributed by atoms with van der Waals surface area (Å²) in [4.78, 5) is 19.2. The second-order valence-corrected chi connectivity index (χ2v) is 16.8. The predicted molar refractivity (Wildman–Crippen MR) is 211 cm³/mol. The molecule has 1 unspecified atom stereocenters. The second kappa shape index (κ2) is 16.9. The molecule has 254 valence electrons. The molecule has 4 aromatic carbocycles. The number of thioether (sulfide) groups is 1. The molecule has 8 heteroatoms. The first kappa shape index (κ1) is 35.2. The average molecular weight is 698 g/mol. The van der Waals surface area contributed by atoms with Crippen LogP contribution < -0.4 is 9.80 Å². The topological polar surface area (TPSA) is 16.2 Å². The molecule has 0 spiro atoms. The van der Waals surface area contributed by atoms with E-state index in [4.69, 9.17) is 0 Å². The van der Waals surface area contributed by atoms with Gasteiger partial charge >= 0.3 is 0 Å². The third-order valence-corrected chi connectivity index (χ3v) is 12.2. The van der Waals surface area contributed by atoms with E-state index in [9.17, 15) is 0 Å². The van der Waals surface area contributed by atoms with Gasteiger partial charge in [0.05, 0.1) is 22.7 Å². The van der Waals surface area contributed by atoms with Gasteiger partial charge in [0.2, 0.25) is 0 Å². The monoisotopic (exact) mass is 697 g/mol. The third kappa shape index (κ3) is 8.76. The van der Waals surface area contributed by atoms with Gasteiger partial charge in [-0.25, -0.2) is 0 Å². The van der Waals surface area contributed by atoms with Crippen molar-refractivity contribution in [2.45, 2.75) is 44.7 Å². The summed E-state index contributed by atoms with van der Waals surface area (Å²) >= 11 is 5.71. The number of hydrogen-bond acceptors (Lipinski definition) is 8. The molecule has 1 atom stereocenters. The molecule has 5 nitrogen and oxygen atoms in total. The number of para-hydroxylation sites is 3. The van der Waals surface area contributed by atoms with Gasteiger partial charge in [0.25, 0.3) is 0 Å². The first-order chi connectivity index (χ1) is 23.4. The molecule has 4 aromatic rings. The maximum atomic E-state index is 2.62. The number of rotatable bonds is 10. The largest absolute Gasteiger partial charge is 0.340 e. The molecule has 7 rings (SSSR count). The van der Waals surface area contributed by atoms with Gasteiger partial charge in [-0.3, -0.25) is 0 Å². The Bertz CT molecular complexity index is 1590. The first-order valence-corrected chi connectivity index (χ1v) is 20.0. The molecule has 0 saturated carbocycles. The van der Waals surface area contributed by atoms with E-state index in [2.05, 4.69) is 150 Å². The molecule has 0 amide bonds. The summed E-state index contributed by atoms with van der Waals surface area (Å²) in [5.74, 6) is 1.73.